The molecule has 0 aliphatic heterocycles. The maximum absolute atomic E-state index is 12.7. The quantitative estimate of drug-likeness (QED) is 0.284. The van der Waals surface area contributed by atoms with E-state index < -0.39 is 0 Å². The Morgan fingerprint density at radius 1 is 1.33 bits per heavy atom. The molecule has 0 unspecified atom stereocenters. The SMILES string of the molecule is C=CCn1c(SCC(=O)N(CC)CC(=O)NCc2cccs2)nc2sccc2c1=O. The Hall–Kier alpha value is -2.43. The molecule has 158 valence electrons. The molecule has 3 aromatic heterocycles. The van der Waals surface area contributed by atoms with Crippen molar-refractivity contribution in [3.05, 3.63) is 56.8 Å². The number of hydrogen-bond acceptors (Lipinski definition) is 7. The van der Waals surface area contributed by atoms with Gasteiger partial charge in [-0.2, -0.15) is 0 Å². The second-order valence-corrected chi connectivity index (χ2v) is 9.16. The number of hydrogen-bond donors (Lipinski definition) is 1. The van der Waals surface area contributed by atoms with Crippen LogP contribution in [-0.2, 0) is 22.7 Å². The molecule has 2 amide bonds. The minimum absolute atomic E-state index is 0.00186. The zero-order valence-corrected chi connectivity index (χ0v) is 18.9. The van der Waals surface area contributed by atoms with Gasteiger partial charge in [0.1, 0.15) is 4.83 Å². The predicted octanol–water partition coefficient (Wildman–Crippen LogP) is 2.96. The van der Waals surface area contributed by atoms with Gasteiger partial charge in [0, 0.05) is 18.0 Å². The number of amides is 2. The van der Waals surface area contributed by atoms with Crippen LogP contribution in [0.5, 0.6) is 0 Å². The molecule has 10 heteroatoms. The highest BCUT2D eigenvalue weighted by molar-refractivity contribution is 7.99. The second-order valence-electron chi connectivity index (χ2n) is 6.29. The van der Waals surface area contributed by atoms with Crippen LogP contribution in [0, 0.1) is 0 Å². The van der Waals surface area contributed by atoms with Gasteiger partial charge < -0.3 is 10.2 Å². The Morgan fingerprint density at radius 2 is 2.17 bits per heavy atom. The number of rotatable bonds is 10. The van der Waals surface area contributed by atoms with Crippen molar-refractivity contribution in [2.75, 3.05) is 18.8 Å². The third-order valence-corrected chi connectivity index (χ3v) is 6.94. The molecule has 0 saturated heterocycles. The Morgan fingerprint density at radius 3 is 2.87 bits per heavy atom. The van der Waals surface area contributed by atoms with Crippen LogP contribution in [0.1, 0.15) is 11.8 Å². The zero-order chi connectivity index (χ0) is 21.5. The van der Waals surface area contributed by atoms with Gasteiger partial charge in [-0.05, 0) is 29.8 Å². The number of carbonyl (C=O) groups excluding carboxylic acids is 2. The number of nitrogens with one attached hydrogen (secondary N) is 1. The first kappa shape index (κ1) is 22.3. The number of thiophene rings is 2. The van der Waals surface area contributed by atoms with Gasteiger partial charge in [0.25, 0.3) is 5.56 Å². The van der Waals surface area contributed by atoms with E-state index in [0.717, 1.165) is 4.88 Å². The van der Waals surface area contributed by atoms with Crippen molar-refractivity contribution in [1.29, 1.82) is 0 Å². The second kappa shape index (κ2) is 10.6. The zero-order valence-electron chi connectivity index (χ0n) is 16.5. The van der Waals surface area contributed by atoms with Gasteiger partial charge in [-0.1, -0.05) is 23.9 Å². The molecule has 3 rings (SSSR count). The molecule has 1 N–H and O–H groups in total. The van der Waals surface area contributed by atoms with E-state index in [9.17, 15) is 14.4 Å². The van der Waals surface area contributed by atoms with E-state index in [1.54, 1.807) is 23.5 Å². The smallest absolute Gasteiger partial charge is 0.263 e. The van der Waals surface area contributed by atoms with Crippen molar-refractivity contribution in [3.8, 4) is 0 Å². The summed E-state index contributed by atoms with van der Waals surface area (Å²) in [5.41, 5.74) is -0.142. The van der Waals surface area contributed by atoms with Crippen LogP contribution in [0.4, 0.5) is 0 Å². The van der Waals surface area contributed by atoms with E-state index in [1.807, 2.05) is 29.8 Å². The van der Waals surface area contributed by atoms with E-state index >= 15 is 0 Å². The highest BCUT2D eigenvalue weighted by Gasteiger charge is 2.18. The third kappa shape index (κ3) is 5.38. The van der Waals surface area contributed by atoms with Crippen LogP contribution in [0.3, 0.4) is 0 Å². The molecule has 3 heterocycles. The fourth-order valence-electron chi connectivity index (χ4n) is 2.75. The molecule has 0 aliphatic carbocycles. The monoisotopic (exact) mass is 462 g/mol. The lowest BCUT2D eigenvalue weighted by Gasteiger charge is -2.20. The molecule has 0 radical (unpaired) electrons. The van der Waals surface area contributed by atoms with Crippen LogP contribution in [0.15, 0.2) is 51.6 Å². The molecular weight excluding hydrogens is 440 g/mol. The highest BCUT2D eigenvalue weighted by atomic mass is 32.2. The molecule has 0 saturated carbocycles. The normalized spacial score (nSPS) is 10.8. The van der Waals surface area contributed by atoms with Gasteiger partial charge >= 0.3 is 0 Å². The van der Waals surface area contributed by atoms with Crippen molar-refractivity contribution in [2.24, 2.45) is 0 Å². The molecule has 30 heavy (non-hydrogen) atoms. The molecule has 0 aliphatic rings. The molecule has 7 nitrogen and oxygen atoms in total. The summed E-state index contributed by atoms with van der Waals surface area (Å²) >= 11 is 4.16. The summed E-state index contributed by atoms with van der Waals surface area (Å²) in [7, 11) is 0. The molecule has 3 aromatic rings. The van der Waals surface area contributed by atoms with Crippen LogP contribution in [0.25, 0.3) is 10.2 Å². The standard InChI is InChI=1S/C20H22N4O3S3/c1-3-8-24-19(27)15-7-10-29-18(15)22-20(24)30-13-17(26)23(4-2)12-16(25)21-11-14-6-5-9-28-14/h3,5-7,9-10H,1,4,8,11-13H2,2H3,(H,21,25). The fourth-order valence-corrected chi connectivity index (χ4v) is 5.11. The fraction of sp³-hybridized carbons (Fsp3) is 0.300. The van der Waals surface area contributed by atoms with Crippen LogP contribution >= 0.6 is 34.4 Å². The largest absolute Gasteiger partial charge is 0.350 e. The first-order chi connectivity index (χ1) is 14.5. The van der Waals surface area contributed by atoms with Crippen molar-refractivity contribution < 1.29 is 9.59 Å². The van der Waals surface area contributed by atoms with Gasteiger partial charge in [-0.15, -0.1) is 29.3 Å². The average Bonchev–Trinajstić information content (AvgIpc) is 3.43. The van der Waals surface area contributed by atoms with Crippen molar-refractivity contribution in [3.63, 3.8) is 0 Å². The van der Waals surface area contributed by atoms with Crippen molar-refractivity contribution >= 4 is 56.5 Å². The summed E-state index contributed by atoms with van der Waals surface area (Å²) in [6, 6.07) is 5.63. The molecule has 0 bridgehead atoms. The summed E-state index contributed by atoms with van der Waals surface area (Å²) in [5.74, 6) is -0.295. The molecule has 0 aromatic carbocycles. The van der Waals surface area contributed by atoms with E-state index in [1.165, 1.54) is 32.6 Å². The topological polar surface area (TPSA) is 84.3 Å². The van der Waals surface area contributed by atoms with Crippen LogP contribution in [0.2, 0.25) is 0 Å². The molecule has 0 fully saturated rings. The Kier molecular flexibility index (Phi) is 7.83. The third-order valence-electron chi connectivity index (χ3n) is 4.29. The Balaban J connectivity index is 1.63. The number of aromatic nitrogens is 2. The first-order valence-corrected chi connectivity index (χ1v) is 12.1. The van der Waals surface area contributed by atoms with Crippen molar-refractivity contribution in [2.45, 2.75) is 25.2 Å². The summed E-state index contributed by atoms with van der Waals surface area (Å²) < 4.78 is 1.52. The number of allylic oxidation sites excluding steroid dienone is 1. The lowest BCUT2D eigenvalue weighted by molar-refractivity contribution is -0.133. The summed E-state index contributed by atoms with van der Waals surface area (Å²) in [4.78, 5) is 45.3. The minimum atomic E-state index is -0.203. The summed E-state index contributed by atoms with van der Waals surface area (Å²) in [6.45, 7) is 6.72. The summed E-state index contributed by atoms with van der Waals surface area (Å²) in [5, 5.41) is 7.65. The maximum atomic E-state index is 12.7. The molecule has 0 spiro atoms. The van der Waals surface area contributed by atoms with E-state index in [-0.39, 0.29) is 29.7 Å². The van der Waals surface area contributed by atoms with Gasteiger partial charge in [0.05, 0.1) is 24.2 Å². The number of fused-ring (bicyclic) bond motifs is 1. The van der Waals surface area contributed by atoms with Gasteiger partial charge in [-0.3, -0.25) is 19.0 Å². The van der Waals surface area contributed by atoms with Gasteiger partial charge in [0.2, 0.25) is 11.8 Å². The van der Waals surface area contributed by atoms with E-state index in [2.05, 4.69) is 16.9 Å². The number of carbonyl (C=O) groups is 2. The van der Waals surface area contributed by atoms with E-state index in [4.69, 9.17) is 0 Å². The minimum Gasteiger partial charge on any atom is -0.350 e. The maximum Gasteiger partial charge on any atom is 0.263 e. The van der Waals surface area contributed by atoms with Crippen molar-refractivity contribution in [1.82, 2.24) is 19.8 Å². The number of thioether (sulfide) groups is 1. The van der Waals surface area contributed by atoms with Crippen LogP contribution < -0.4 is 10.9 Å². The summed E-state index contributed by atoms with van der Waals surface area (Å²) in [6.07, 6.45) is 1.63. The average molecular weight is 463 g/mol. The molecule has 0 atom stereocenters. The highest BCUT2D eigenvalue weighted by Crippen LogP contribution is 2.21. The lowest BCUT2D eigenvalue weighted by atomic mass is 10.4. The van der Waals surface area contributed by atoms with Crippen LogP contribution in [-0.4, -0.2) is 45.1 Å². The molecular formula is C20H22N4O3S3. The predicted molar refractivity (Wildman–Crippen MR) is 123 cm³/mol. The number of nitrogens with zero attached hydrogens (tertiary/aromatic N) is 3. The van der Waals surface area contributed by atoms with Gasteiger partial charge in [0.15, 0.2) is 5.16 Å². The number of likely N-dealkylation sites (N-methyl/N-ethyl adjacent to an activating group) is 1. The first-order valence-electron chi connectivity index (χ1n) is 9.32. The Bertz CT molecular complexity index is 1090. The lowest BCUT2D eigenvalue weighted by Crippen LogP contribution is -2.41. The van der Waals surface area contributed by atoms with Gasteiger partial charge in [-0.25, -0.2) is 4.98 Å². The Labute approximate surface area is 186 Å². The van der Waals surface area contributed by atoms with E-state index in [0.29, 0.717) is 35.0 Å².